The number of para-hydroxylation sites is 1. The SMILES string of the molecule is CC(=O)NN1C(=O)C(=Cc2cccc3nccnc23)SC1=S. The number of carbonyl (C=O) groups excluding carboxylic acids is 2. The normalized spacial score (nSPS) is 16.6. The Hall–Kier alpha value is -2.32. The summed E-state index contributed by atoms with van der Waals surface area (Å²) in [6.07, 6.45) is 4.92. The second-order valence-corrected chi connectivity index (χ2v) is 6.13. The number of thioether (sulfide) groups is 1. The molecule has 22 heavy (non-hydrogen) atoms. The molecule has 0 spiro atoms. The van der Waals surface area contributed by atoms with Crippen LogP contribution in [-0.4, -0.2) is 31.1 Å². The van der Waals surface area contributed by atoms with Crippen molar-refractivity contribution in [2.24, 2.45) is 0 Å². The number of hydrazine groups is 1. The van der Waals surface area contributed by atoms with Crippen molar-refractivity contribution in [3.8, 4) is 0 Å². The molecule has 110 valence electrons. The van der Waals surface area contributed by atoms with Gasteiger partial charge in [0.1, 0.15) is 0 Å². The summed E-state index contributed by atoms with van der Waals surface area (Å²) >= 11 is 6.24. The summed E-state index contributed by atoms with van der Waals surface area (Å²) in [6, 6.07) is 5.54. The minimum Gasteiger partial charge on any atom is -0.274 e. The third kappa shape index (κ3) is 2.70. The zero-order valence-electron chi connectivity index (χ0n) is 11.4. The van der Waals surface area contributed by atoms with Crippen LogP contribution in [0.15, 0.2) is 35.5 Å². The quantitative estimate of drug-likeness (QED) is 0.669. The number of aromatic nitrogens is 2. The standard InChI is InChI=1S/C14H10N4O2S2/c1-8(19)17-18-13(20)11(22-14(18)21)7-9-3-2-4-10-12(9)16-6-5-15-10/h2-7H,1H3,(H,17,19). The smallest absolute Gasteiger partial charge is 0.274 e. The van der Waals surface area contributed by atoms with E-state index >= 15 is 0 Å². The highest BCUT2D eigenvalue weighted by Gasteiger charge is 2.33. The molecule has 2 aromatic rings. The Labute approximate surface area is 135 Å². The topological polar surface area (TPSA) is 75.2 Å². The van der Waals surface area contributed by atoms with E-state index in [-0.39, 0.29) is 16.1 Å². The molecule has 1 aromatic heterocycles. The Kier molecular flexibility index (Phi) is 3.86. The summed E-state index contributed by atoms with van der Waals surface area (Å²) in [5.41, 5.74) is 4.63. The molecule has 0 atom stereocenters. The Morgan fingerprint density at radius 1 is 1.36 bits per heavy atom. The van der Waals surface area contributed by atoms with Crippen molar-refractivity contribution in [3.05, 3.63) is 41.1 Å². The summed E-state index contributed by atoms with van der Waals surface area (Å²) in [4.78, 5) is 32.4. The number of fused-ring (bicyclic) bond motifs is 1. The predicted molar refractivity (Wildman–Crippen MR) is 88.4 cm³/mol. The molecule has 2 heterocycles. The van der Waals surface area contributed by atoms with Gasteiger partial charge in [0.2, 0.25) is 5.91 Å². The van der Waals surface area contributed by atoms with Crippen molar-refractivity contribution >= 4 is 57.2 Å². The number of nitrogens with zero attached hydrogens (tertiary/aromatic N) is 3. The van der Waals surface area contributed by atoms with Gasteiger partial charge in [-0.2, -0.15) is 5.01 Å². The molecule has 2 amide bonds. The van der Waals surface area contributed by atoms with Crippen LogP contribution in [0.25, 0.3) is 17.1 Å². The monoisotopic (exact) mass is 330 g/mol. The van der Waals surface area contributed by atoms with Crippen LogP contribution in [-0.2, 0) is 9.59 Å². The highest BCUT2D eigenvalue weighted by molar-refractivity contribution is 8.26. The fourth-order valence-corrected chi connectivity index (χ4v) is 3.16. The molecular weight excluding hydrogens is 320 g/mol. The molecule has 1 aromatic carbocycles. The molecule has 6 nitrogen and oxygen atoms in total. The van der Waals surface area contributed by atoms with Gasteiger partial charge < -0.3 is 0 Å². The van der Waals surface area contributed by atoms with E-state index in [1.165, 1.54) is 6.92 Å². The van der Waals surface area contributed by atoms with Gasteiger partial charge in [0, 0.05) is 24.9 Å². The van der Waals surface area contributed by atoms with E-state index in [1.807, 2.05) is 18.2 Å². The molecule has 0 saturated carbocycles. The van der Waals surface area contributed by atoms with Crippen LogP contribution in [0.3, 0.4) is 0 Å². The lowest BCUT2D eigenvalue weighted by Gasteiger charge is -2.13. The van der Waals surface area contributed by atoms with Crippen LogP contribution in [0.4, 0.5) is 0 Å². The van der Waals surface area contributed by atoms with Gasteiger partial charge in [0.05, 0.1) is 15.9 Å². The van der Waals surface area contributed by atoms with Crippen LogP contribution in [0.2, 0.25) is 0 Å². The maximum atomic E-state index is 12.3. The fraction of sp³-hybridized carbons (Fsp3) is 0.0714. The highest BCUT2D eigenvalue weighted by Crippen LogP contribution is 2.32. The Morgan fingerprint density at radius 3 is 2.91 bits per heavy atom. The van der Waals surface area contributed by atoms with Gasteiger partial charge >= 0.3 is 0 Å². The van der Waals surface area contributed by atoms with Gasteiger partial charge in [0.25, 0.3) is 5.91 Å². The lowest BCUT2D eigenvalue weighted by molar-refractivity contribution is -0.131. The van der Waals surface area contributed by atoms with Crippen LogP contribution < -0.4 is 5.43 Å². The van der Waals surface area contributed by atoms with E-state index in [1.54, 1.807) is 18.5 Å². The summed E-state index contributed by atoms with van der Waals surface area (Å²) in [7, 11) is 0. The number of benzene rings is 1. The van der Waals surface area contributed by atoms with E-state index in [9.17, 15) is 9.59 Å². The van der Waals surface area contributed by atoms with Crippen molar-refractivity contribution in [3.63, 3.8) is 0 Å². The number of rotatable bonds is 2. The van der Waals surface area contributed by atoms with Crippen molar-refractivity contribution in [2.75, 3.05) is 0 Å². The molecule has 1 N–H and O–H groups in total. The molecule has 3 rings (SSSR count). The van der Waals surface area contributed by atoms with Crippen molar-refractivity contribution in [1.29, 1.82) is 0 Å². The molecule has 0 radical (unpaired) electrons. The van der Waals surface area contributed by atoms with Gasteiger partial charge in [-0.3, -0.25) is 25.0 Å². The molecule has 1 aliphatic heterocycles. The maximum absolute atomic E-state index is 12.3. The first kappa shape index (κ1) is 14.6. The average Bonchev–Trinajstić information content (AvgIpc) is 2.75. The molecule has 8 heteroatoms. The number of thiocarbonyl (C=S) groups is 1. The largest absolute Gasteiger partial charge is 0.285 e. The number of hydrogen-bond donors (Lipinski definition) is 1. The zero-order valence-corrected chi connectivity index (χ0v) is 13.1. The van der Waals surface area contributed by atoms with E-state index in [2.05, 4.69) is 15.4 Å². The van der Waals surface area contributed by atoms with Crippen molar-refractivity contribution in [1.82, 2.24) is 20.4 Å². The summed E-state index contributed by atoms with van der Waals surface area (Å²) in [6.45, 7) is 1.32. The fourth-order valence-electron chi connectivity index (χ4n) is 1.99. The highest BCUT2D eigenvalue weighted by atomic mass is 32.2. The maximum Gasteiger partial charge on any atom is 0.285 e. The summed E-state index contributed by atoms with van der Waals surface area (Å²) in [5.74, 6) is -0.709. The minimum atomic E-state index is -0.355. The molecular formula is C14H10N4O2S2. The van der Waals surface area contributed by atoms with Crippen LogP contribution in [0.1, 0.15) is 12.5 Å². The lowest BCUT2D eigenvalue weighted by Crippen LogP contribution is -2.43. The minimum absolute atomic E-state index is 0.290. The number of nitrogens with one attached hydrogen (secondary N) is 1. The van der Waals surface area contributed by atoms with E-state index < -0.39 is 0 Å². The first-order chi connectivity index (χ1) is 10.6. The van der Waals surface area contributed by atoms with Gasteiger partial charge in [-0.25, -0.2) is 0 Å². The molecule has 0 bridgehead atoms. The van der Waals surface area contributed by atoms with Crippen LogP contribution in [0, 0.1) is 0 Å². The lowest BCUT2D eigenvalue weighted by atomic mass is 10.1. The van der Waals surface area contributed by atoms with Gasteiger partial charge in [-0.05, 0) is 24.4 Å². The third-order valence-electron chi connectivity index (χ3n) is 2.88. The van der Waals surface area contributed by atoms with Crippen molar-refractivity contribution < 1.29 is 9.59 Å². The van der Waals surface area contributed by atoms with Gasteiger partial charge in [0.15, 0.2) is 4.32 Å². The second kappa shape index (κ2) is 5.82. The molecule has 0 aliphatic carbocycles. The predicted octanol–water partition coefficient (Wildman–Crippen LogP) is 1.88. The molecule has 1 aliphatic rings. The zero-order chi connectivity index (χ0) is 15.7. The Bertz CT molecular complexity index is 829. The average molecular weight is 330 g/mol. The van der Waals surface area contributed by atoms with E-state index in [0.29, 0.717) is 10.4 Å². The number of carbonyl (C=O) groups is 2. The van der Waals surface area contributed by atoms with Crippen molar-refractivity contribution in [2.45, 2.75) is 6.92 Å². The van der Waals surface area contributed by atoms with Gasteiger partial charge in [-0.1, -0.05) is 23.9 Å². The Morgan fingerprint density at radius 2 is 2.14 bits per heavy atom. The third-order valence-corrected chi connectivity index (χ3v) is 4.18. The number of amides is 2. The second-order valence-electron chi connectivity index (χ2n) is 4.46. The van der Waals surface area contributed by atoms with Gasteiger partial charge in [-0.15, -0.1) is 0 Å². The van der Waals surface area contributed by atoms with E-state index in [0.717, 1.165) is 27.9 Å². The molecule has 0 unspecified atom stereocenters. The first-order valence-electron chi connectivity index (χ1n) is 6.31. The van der Waals surface area contributed by atoms with E-state index in [4.69, 9.17) is 12.2 Å². The van der Waals surface area contributed by atoms with Crippen LogP contribution in [0.5, 0.6) is 0 Å². The Balaban J connectivity index is 2.00. The molecule has 1 fully saturated rings. The summed E-state index contributed by atoms with van der Waals surface area (Å²) < 4.78 is 0.290. The van der Waals surface area contributed by atoms with Crippen LogP contribution >= 0.6 is 24.0 Å². The summed E-state index contributed by atoms with van der Waals surface area (Å²) in [5, 5.41) is 1.07. The number of hydrogen-bond acceptors (Lipinski definition) is 6. The molecule has 1 saturated heterocycles. The first-order valence-corrected chi connectivity index (χ1v) is 7.53.